The van der Waals surface area contributed by atoms with Crippen molar-refractivity contribution < 1.29 is 13.6 Å². The molecule has 1 atom stereocenters. The van der Waals surface area contributed by atoms with Crippen LogP contribution in [0.2, 0.25) is 0 Å². The van der Waals surface area contributed by atoms with Gasteiger partial charge in [-0.25, -0.2) is 23.7 Å². The van der Waals surface area contributed by atoms with Crippen LogP contribution in [0.1, 0.15) is 40.6 Å². The van der Waals surface area contributed by atoms with Crippen LogP contribution < -0.4 is 0 Å². The van der Waals surface area contributed by atoms with Crippen LogP contribution in [0, 0.1) is 18.6 Å². The second kappa shape index (κ2) is 7.69. The van der Waals surface area contributed by atoms with Crippen LogP contribution in [-0.4, -0.2) is 43.4 Å². The minimum absolute atomic E-state index is 0.0157. The van der Waals surface area contributed by atoms with E-state index in [1.807, 2.05) is 30.8 Å². The Bertz CT molecular complexity index is 1040. The summed E-state index contributed by atoms with van der Waals surface area (Å²) in [7, 11) is 1.90. The number of hydrogen-bond acceptors (Lipinski definition) is 4. The third-order valence-electron chi connectivity index (χ3n) is 5.11. The molecular weight excluding hydrogens is 376 g/mol. The number of aromatic nitrogens is 4. The van der Waals surface area contributed by atoms with E-state index in [1.165, 1.54) is 0 Å². The summed E-state index contributed by atoms with van der Waals surface area (Å²) in [6.07, 6.45) is 5.17. The maximum atomic E-state index is 13.5. The number of halogens is 2. The van der Waals surface area contributed by atoms with Gasteiger partial charge in [0.2, 0.25) is 0 Å². The number of amides is 1. The maximum absolute atomic E-state index is 13.5. The molecule has 6 nitrogen and oxygen atoms in total. The van der Waals surface area contributed by atoms with Crippen LogP contribution in [0.3, 0.4) is 0 Å². The van der Waals surface area contributed by atoms with E-state index in [-0.39, 0.29) is 17.4 Å². The van der Waals surface area contributed by atoms with Gasteiger partial charge in [-0.2, -0.15) is 0 Å². The molecular formula is C21H21F2N5O. The van der Waals surface area contributed by atoms with Crippen LogP contribution in [0.5, 0.6) is 0 Å². The molecule has 3 aromatic rings. The Morgan fingerprint density at radius 1 is 1.14 bits per heavy atom. The van der Waals surface area contributed by atoms with E-state index in [0.717, 1.165) is 48.3 Å². The fourth-order valence-corrected chi connectivity index (χ4v) is 3.73. The first kappa shape index (κ1) is 19.2. The molecule has 29 heavy (non-hydrogen) atoms. The van der Waals surface area contributed by atoms with Crippen molar-refractivity contribution in [2.24, 2.45) is 7.05 Å². The predicted molar refractivity (Wildman–Crippen MR) is 103 cm³/mol. The summed E-state index contributed by atoms with van der Waals surface area (Å²) in [6.45, 7) is 2.84. The minimum Gasteiger partial charge on any atom is -0.338 e. The minimum atomic E-state index is -0.761. The van der Waals surface area contributed by atoms with Gasteiger partial charge in [0.05, 0.1) is 0 Å². The number of carbonyl (C=O) groups is 1. The maximum Gasteiger partial charge on any atom is 0.254 e. The highest BCUT2D eigenvalue weighted by Gasteiger charge is 2.28. The molecule has 1 aromatic carbocycles. The van der Waals surface area contributed by atoms with Crippen LogP contribution in [0.25, 0.3) is 11.5 Å². The van der Waals surface area contributed by atoms with Gasteiger partial charge in [0.15, 0.2) is 5.82 Å². The lowest BCUT2D eigenvalue weighted by Crippen LogP contribution is -2.39. The second-order valence-corrected chi connectivity index (χ2v) is 7.36. The molecule has 150 valence electrons. The van der Waals surface area contributed by atoms with Crippen LogP contribution >= 0.6 is 0 Å². The van der Waals surface area contributed by atoms with Crippen LogP contribution in [0.4, 0.5) is 8.78 Å². The summed E-state index contributed by atoms with van der Waals surface area (Å²) in [6, 6.07) is 4.78. The summed E-state index contributed by atoms with van der Waals surface area (Å²) < 4.78 is 28.9. The molecule has 0 unspecified atom stereocenters. The second-order valence-electron chi connectivity index (χ2n) is 7.36. The zero-order valence-electron chi connectivity index (χ0n) is 16.3. The Morgan fingerprint density at radius 2 is 1.90 bits per heavy atom. The van der Waals surface area contributed by atoms with Gasteiger partial charge in [-0.15, -0.1) is 0 Å². The molecule has 1 saturated heterocycles. The van der Waals surface area contributed by atoms with Gasteiger partial charge in [-0.3, -0.25) is 4.79 Å². The van der Waals surface area contributed by atoms with Crippen LogP contribution in [-0.2, 0) is 7.05 Å². The van der Waals surface area contributed by atoms with Crippen molar-refractivity contribution in [2.75, 3.05) is 13.1 Å². The van der Waals surface area contributed by atoms with Crippen molar-refractivity contribution in [3.8, 4) is 11.5 Å². The molecule has 0 bridgehead atoms. The monoisotopic (exact) mass is 397 g/mol. The Morgan fingerprint density at radius 3 is 2.59 bits per heavy atom. The lowest BCUT2D eigenvalue weighted by atomic mass is 9.96. The van der Waals surface area contributed by atoms with Crippen molar-refractivity contribution in [2.45, 2.75) is 25.7 Å². The first-order chi connectivity index (χ1) is 13.9. The normalized spacial score (nSPS) is 16.8. The molecule has 1 fully saturated rings. The average Bonchev–Trinajstić information content (AvgIpc) is 3.12. The fourth-order valence-electron chi connectivity index (χ4n) is 3.73. The van der Waals surface area contributed by atoms with Gasteiger partial charge in [-0.1, -0.05) is 0 Å². The van der Waals surface area contributed by atoms with Crippen molar-refractivity contribution in [3.63, 3.8) is 0 Å². The number of hydrogen-bond donors (Lipinski definition) is 0. The Balaban J connectivity index is 1.59. The largest absolute Gasteiger partial charge is 0.338 e. The third kappa shape index (κ3) is 4.01. The smallest absolute Gasteiger partial charge is 0.254 e. The number of imidazole rings is 1. The van der Waals surface area contributed by atoms with E-state index < -0.39 is 11.6 Å². The molecule has 3 heterocycles. The molecule has 2 aromatic heterocycles. The van der Waals surface area contributed by atoms with Crippen LogP contribution in [0.15, 0.2) is 36.7 Å². The van der Waals surface area contributed by atoms with Gasteiger partial charge in [0.25, 0.3) is 5.91 Å². The molecule has 1 aliphatic rings. The van der Waals surface area contributed by atoms with Gasteiger partial charge >= 0.3 is 0 Å². The molecule has 1 amide bonds. The Kier molecular flexibility index (Phi) is 5.08. The van der Waals surface area contributed by atoms with Crippen molar-refractivity contribution >= 4 is 5.91 Å². The van der Waals surface area contributed by atoms with E-state index in [9.17, 15) is 13.6 Å². The zero-order valence-corrected chi connectivity index (χ0v) is 16.3. The number of likely N-dealkylation sites (tertiary alicyclic amines) is 1. The van der Waals surface area contributed by atoms with Crippen molar-refractivity contribution in [1.29, 1.82) is 0 Å². The lowest BCUT2D eigenvalue weighted by Gasteiger charge is -2.32. The Hall–Kier alpha value is -3.16. The number of benzene rings is 1. The SMILES string of the molecule is Cc1cc(-c2nccn2C)nc([C@H]2CCCN(C(=O)c3cc(F)cc(F)c3)C2)n1. The number of aryl methyl sites for hydroxylation is 2. The summed E-state index contributed by atoms with van der Waals surface area (Å²) in [4.78, 5) is 28.0. The number of carbonyl (C=O) groups excluding carboxylic acids is 1. The summed E-state index contributed by atoms with van der Waals surface area (Å²) >= 11 is 0. The van der Waals surface area contributed by atoms with E-state index in [0.29, 0.717) is 18.9 Å². The summed E-state index contributed by atoms with van der Waals surface area (Å²) in [5.41, 5.74) is 1.57. The molecule has 0 spiro atoms. The summed E-state index contributed by atoms with van der Waals surface area (Å²) in [5.74, 6) is -0.552. The Labute approximate surface area is 167 Å². The summed E-state index contributed by atoms with van der Waals surface area (Å²) in [5, 5.41) is 0. The quantitative estimate of drug-likeness (QED) is 0.679. The molecule has 0 saturated carbocycles. The number of piperidine rings is 1. The molecule has 0 N–H and O–H groups in total. The highest BCUT2D eigenvalue weighted by molar-refractivity contribution is 5.94. The standard InChI is InChI=1S/C21H21F2N5O/c1-13-8-18(20-24-5-7-27(20)2)26-19(25-13)14-4-3-6-28(12-14)21(29)15-9-16(22)11-17(23)10-15/h5,7-11,14H,3-4,6,12H2,1-2H3/t14-/m0/s1. The first-order valence-electron chi connectivity index (χ1n) is 9.49. The highest BCUT2D eigenvalue weighted by atomic mass is 19.1. The van der Waals surface area contributed by atoms with Gasteiger partial charge in [-0.05, 0) is 38.0 Å². The van der Waals surface area contributed by atoms with Gasteiger partial charge in [0.1, 0.15) is 23.2 Å². The predicted octanol–water partition coefficient (Wildman–Crippen LogP) is 3.48. The molecule has 1 aliphatic heterocycles. The number of rotatable bonds is 3. The van der Waals surface area contributed by atoms with E-state index >= 15 is 0 Å². The topological polar surface area (TPSA) is 63.9 Å². The molecule has 8 heteroatoms. The van der Waals surface area contributed by atoms with E-state index in [2.05, 4.69) is 9.97 Å². The molecule has 0 radical (unpaired) electrons. The molecule has 4 rings (SSSR count). The average molecular weight is 397 g/mol. The number of nitrogens with zero attached hydrogens (tertiary/aromatic N) is 5. The van der Waals surface area contributed by atoms with Gasteiger partial charge in [0, 0.05) is 55.8 Å². The molecule has 0 aliphatic carbocycles. The van der Waals surface area contributed by atoms with Crippen molar-refractivity contribution in [1.82, 2.24) is 24.4 Å². The van der Waals surface area contributed by atoms with E-state index in [1.54, 1.807) is 11.1 Å². The zero-order chi connectivity index (χ0) is 20.5. The van der Waals surface area contributed by atoms with Crippen molar-refractivity contribution in [3.05, 3.63) is 65.4 Å². The third-order valence-corrected chi connectivity index (χ3v) is 5.11. The van der Waals surface area contributed by atoms with E-state index in [4.69, 9.17) is 4.98 Å². The highest BCUT2D eigenvalue weighted by Crippen LogP contribution is 2.27. The van der Waals surface area contributed by atoms with Gasteiger partial charge < -0.3 is 9.47 Å². The fraction of sp³-hybridized carbons (Fsp3) is 0.333. The first-order valence-corrected chi connectivity index (χ1v) is 9.49. The lowest BCUT2D eigenvalue weighted by molar-refractivity contribution is 0.0703.